The van der Waals surface area contributed by atoms with Gasteiger partial charge in [-0.3, -0.25) is 0 Å². The van der Waals surface area contributed by atoms with Crippen LogP contribution in [0.5, 0.6) is 35.3 Å². The van der Waals surface area contributed by atoms with E-state index in [0.717, 1.165) is 140 Å². The van der Waals surface area contributed by atoms with E-state index in [4.69, 9.17) is 37.9 Å². The van der Waals surface area contributed by atoms with Gasteiger partial charge in [-0.1, -0.05) is 152 Å². The van der Waals surface area contributed by atoms with E-state index in [2.05, 4.69) is 181 Å². The Hall–Kier alpha value is -6.06. The predicted octanol–water partition coefficient (Wildman–Crippen LogP) is 13.7. The van der Waals surface area contributed by atoms with Gasteiger partial charge in [0.2, 0.25) is 35.3 Å². The van der Waals surface area contributed by atoms with Crippen molar-refractivity contribution in [1.29, 1.82) is 0 Å². The number of rotatable bonds is 4. The van der Waals surface area contributed by atoms with Crippen molar-refractivity contribution in [1.82, 2.24) is 64.0 Å². The average molecular weight is 1310 g/mol. The Bertz CT molecular complexity index is 3120. The van der Waals surface area contributed by atoms with E-state index in [1.807, 2.05) is 72.3 Å². The summed E-state index contributed by atoms with van der Waals surface area (Å²) in [5.74, 6) is 7.69. The highest BCUT2D eigenvalue weighted by Gasteiger charge is 2.33. The molecule has 6 atom stereocenters. The van der Waals surface area contributed by atoms with Crippen molar-refractivity contribution < 1.29 is 37.9 Å². The third-order valence-electron chi connectivity index (χ3n) is 18.3. The van der Waals surface area contributed by atoms with E-state index in [9.17, 15) is 0 Å². The van der Waals surface area contributed by atoms with Gasteiger partial charge in [0, 0.05) is 92.8 Å². The van der Waals surface area contributed by atoms with Crippen molar-refractivity contribution in [3.63, 3.8) is 0 Å². The molecule has 6 aromatic rings. The Morgan fingerprint density at radius 1 is 0.383 bits per heavy atom. The molecule has 0 saturated heterocycles. The van der Waals surface area contributed by atoms with Crippen molar-refractivity contribution in [3.8, 4) is 35.3 Å². The van der Waals surface area contributed by atoms with Crippen LogP contribution in [0.3, 0.4) is 0 Å². The van der Waals surface area contributed by atoms with E-state index < -0.39 is 0 Å². The maximum atomic E-state index is 5.89. The lowest BCUT2D eigenvalue weighted by Gasteiger charge is -2.19. The quantitative estimate of drug-likeness (QED) is 0.175. The molecule has 12 heterocycles. The zero-order valence-electron chi connectivity index (χ0n) is 62.5. The summed E-state index contributed by atoms with van der Waals surface area (Å²) in [6.07, 6.45) is 19.6. The minimum atomic E-state index is 0.0699. The number of likely N-dealkylation sites (N-methyl/N-ethyl adjacent to an activating group) is 1. The average Bonchev–Trinajstić information content (AvgIpc) is 1.72. The zero-order chi connectivity index (χ0) is 69.1. The van der Waals surface area contributed by atoms with Crippen LogP contribution in [-0.4, -0.2) is 138 Å². The van der Waals surface area contributed by atoms with E-state index >= 15 is 0 Å². The summed E-state index contributed by atoms with van der Waals surface area (Å²) in [5, 5.41) is 29.8. The maximum absolute atomic E-state index is 5.89. The number of ether oxygens (including phenoxy) is 8. The Balaban J connectivity index is 0.000000160. The molecule has 94 heavy (non-hydrogen) atoms. The van der Waals surface area contributed by atoms with Gasteiger partial charge in [-0.2, -0.15) is 30.6 Å². The highest BCUT2D eigenvalue weighted by molar-refractivity contribution is 5.36. The minimum Gasteiger partial charge on any atom is -0.478 e. The normalized spacial score (nSPS) is 21.3. The second-order valence-electron chi connectivity index (χ2n) is 32.8. The molecule has 21 heteroatoms. The Labute approximate surface area is 564 Å². The van der Waals surface area contributed by atoms with Crippen molar-refractivity contribution in [3.05, 3.63) is 70.6 Å². The fraction of sp³-hybridized carbons (Fsp3) is 0.753. The van der Waals surface area contributed by atoms with Crippen molar-refractivity contribution >= 4 is 0 Å². The molecule has 6 aliphatic rings. The molecule has 0 fully saturated rings. The third-order valence-corrected chi connectivity index (χ3v) is 18.3. The van der Waals surface area contributed by atoms with Crippen molar-refractivity contribution in [2.45, 2.75) is 280 Å². The van der Waals surface area contributed by atoms with Gasteiger partial charge in [0.05, 0.1) is 82.4 Å². The van der Waals surface area contributed by atoms with Crippen molar-refractivity contribution in [2.75, 3.05) is 60.9 Å². The molecule has 0 saturated carbocycles. The summed E-state index contributed by atoms with van der Waals surface area (Å²) in [4.78, 5) is 0. The van der Waals surface area contributed by atoms with Crippen molar-refractivity contribution in [2.24, 2.45) is 17.8 Å². The maximum Gasteiger partial charge on any atom is 0.215 e. The molecule has 6 aromatic heterocycles. The van der Waals surface area contributed by atoms with E-state index in [1.54, 1.807) is 14.2 Å². The van der Waals surface area contributed by atoms with Crippen LogP contribution in [0.25, 0.3) is 0 Å². The first-order chi connectivity index (χ1) is 44.0. The summed E-state index contributed by atoms with van der Waals surface area (Å²) >= 11 is 0. The predicted molar refractivity (Wildman–Crippen MR) is 373 cm³/mol. The van der Waals surface area contributed by atoms with Gasteiger partial charge in [0.25, 0.3) is 0 Å². The van der Waals surface area contributed by atoms with E-state index in [-0.39, 0.29) is 44.7 Å². The highest BCUT2D eigenvalue weighted by Crippen LogP contribution is 2.39. The van der Waals surface area contributed by atoms with Crippen LogP contribution in [0.2, 0.25) is 0 Å². The van der Waals surface area contributed by atoms with Crippen LogP contribution in [0.15, 0.2) is 37.2 Å². The number of hydrogen-bond donors (Lipinski definition) is 1. The monoisotopic (exact) mass is 1310 g/mol. The van der Waals surface area contributed by atoms with Gasteiger partial charge < -0.3 is 43.2 Å². The third kappa shape index (κ3) is 20.0. The molecule has 21 nitrogen and oxygen atoms in total. The fourth-order valence-corrected chi connectivity index (χ4v) is 11.7. The number of nitrogens with zero attached hydrogens (tertiary/aromatic N) is 12. The van der Waals surface area contributed by atoms with Gasteiger partial charge in [0.15, 0.2) is 0 Å². The molecule has 0 bridgehead atoms. The van der Waals surface area contributed by atoms with E-state index in [1.165, 1.54) is 39.8 Å². The molecule has 528 valence electrons. The van der Waals surface area contributed by atoms with Gasteiger partial charge in [-0.25, -0.2) is 28.1 Å². The first-order valence-corrected chi connectivity index (χ1v) is 34.9. The lowest BCUT2D eigenvalue weighted by molar-refractivity contribution is 0.0571. The molecular formula is C73H123N13O8. The van der Waals surface area contributed by atoms with Crippen LogP contribution in [0.1, 0.15) is 224 Å². The molecule has 12 rings (SSSR count). The van der Waals surface area contributed by atoms with Gasteiger partial charge in [-0.15, -0.1) is 0 Å². The van der Waals surface area contributed by atoms with Crippen LogP contribution in [0.4, 0.5) is 0 Å². The Morgan fingerprint density at radius 2 is 0.723 bits per heavy atom. The number of methoxy groups -OCH3 is 2. The Kier molecular flexibility index (Phi) is 25.5. The second kappa shape index (κ2) is 31.9. The number of aryl methyl sites for hydroxylation is 3. The lowest BCUT2D eigenvalue weighted by Crippen LogP contribution is -2.31. The largest absolute Gasteiger partial charge is 0.478 e. The smallest absolute Gasteiger partial charge is 0.215 e. The fourth-order valence-electron chi connectivity index (χ4n) is 11.7. The number of nitrogens with one attached hydrogen (secondary N) is 1. The first-order valence-electron chi connectivity index (χ1n) is 34.9. The summed E-state index contributed by atoms with van der Waals surface area (Å²) in [5.41, 5.74) is 7.77. The molecule has 0 aromatic carbocycles. The topological polar surface area (TPSA) is 193 Å². The molecule has 0 spiro atoms. The van der Waals surface area contributed by atoms with Crippen LogP contribution >= 0.6 is 0 Å². The van der Waals surface area contributed by atoms with Gasteiger partial charge in [-0.05, 0) is 89.4 Å². The van der Waals surface area contributed by atoms with Crippen LogP contribution in [-0.2, 0) is 81.2 Å². The molecule has 0 amide bonds. The molecule has 0 unspecified atom stereocenters. The minimum absolute atomic E-state index is 0.0699. The summed E-state index contributed by atoms with van der Waals surface area (Å²) < 4.78 is 57.7. The molecule has 6 aliphatic heterocycles. The standard InChI is InChI=1S/C13H22N2O.C12H21N3O.2C12H20N2O2.2C12H20N2O/c1-5-10-6-7-16-12-11(13(2,3)4)8-14-15(12)9-10;1-12(2,3)10-7-14-15-6-5-9(13-4)8-16-11(10)15;1-12(2,3)10-7-13-14-8-9(15-4)5-6-16-11(10)14;1-12(2,3)10-7-13-14-6-5-9(15-4)8-16-11(10)14;1-9-5-6-15-11-10(12(2,3)4)7-13-14(11)8-9;1-9-5-6-14-11(15-8-9)10(7-13-14)12(2,3)4/h8,10H,5-7,9H2,1-4H3;7,9,13H,5-6,8H2,1-4H3;2*7,9H,5-6,8H2,1-4H3;2*7,9H,5-6,8H2,1-4H3/t10-;5*9-/m101010/s1. The number of fused-ring (bicyclic) bond motifs is 6. The Morgan fingerprint density at radius 3 is 1.13 bits per heavy atom. The molecular weight excluding hydrogens is 1190 g/mol. The molecule has 1 N–H and O–H groups in total. The summed E-state index contributed by atoms with van der Waals surface area (Å²) in [6, 6.07) is 0.425. The molecule has 0 aliphatic carbocycles. The van der Waals surface area contributed by atoms with Crippen LogP contribution in [0, 0.1) is 17.8 Å². The summed E-state index contributed by atoms with van der Waals surface area (Å²) in [7, 11) is 5.45. The van der Waals surface area contributed by atoms with Crippen LogP contribution < -0.4 is 33.7 Å². The number of aromatic nitrogens is 12. The van der Waals surface area contributed by atoms with E-state index in [0.29, 0.717) is 37.0 Å². The second-order valence-corrected chi connectivity index (χ2v) is 32.8. The lowest BCUT2D eigenvalue weighted by atomic mass is 9.89. The van der Waals surface area contributed by atoms with Gasteiger partial charge in [0.1, 0.15) is 13.2 Å². The highest BCUT2D eigenvalue weighted by atomic mass is 16.5. The zero-order valence-corrected chi connectivity index (χ0v) is 62.5. The molecule has 0 radical (unpaired) electrons. The summed E-state index contributed by atoms with van der Waals surface area (Å²) in [6.45, 7) is 56.1. The van der Waals surface area contributed by atoms with Gasteiger partial charge >= 0.3 is 0 Å². The first kappa shape index (κ1) is 75.3. The SMILES string of the molecule is CC[C@@H]1CCOc2c(C(C)(C)C)cnn2C1.CN[C@H]1CCn2ncc(C(C)(C)C)c2OC1.CO[C@@H]1CCOc2c(C(C)(C)C)cnn2C1.CO[C@H]1CCn2ncc(C(C)(C)C)c2OC1.C[C@@H]1CCOc2c(C(C)(C)C)cnn2C1.C[C@H]1CCn2ncc(C(C)(C)C)c2OC1. The number of hydrogen-bond acceptors (Lipinski definition) is 15.